The lowest BCUT2D eigenvalue weighted by Gasteiger charge is -2.09. The van der Waals surface area contributed by atoms with Gasteiger partial charge in [0, 0.05) is 23.4 Å². The highest BCUT2D eigenvalue weighted by atomic mass is 32.2. The van der Waals surface area contributed by atoms with E-state index in [0.717, 1.165) is 22.4 Å². The van der Waals surface area contributed by atoms with E-state index in [2.05, 4.69) is 15.8 Å². The van der Waals surface area contributed by atoms with Crippen molar-refractivity contribution in [3.8, 4) is 0 Å². The van der Waals surface area contributed by atoms with Crippen molar-refractivity contribution in [1.29, 1.82) is 0 Å². The molecule has 0 radical (unpaired) electrons. The zero-order valence-electron chi connectivity index (χ0n) is 15.2. The molecule has 2 aromatic carbocycles. The van der Waals surface area contributed by atoms with Gasteiger partial charge in [0.2, 0.25) is 11.8 Å². The normalized spacial score (nSPS) is 10.7. The zero-order valence-corrected chi connectivity index (χ0v) is 16.0. The van der Waals surface area contributed by atoms with E-state index in [9.17, 15) is 9.59 Å². The van der Waals surface area contributed by atoms with Gasteiger partial charge in [-0.25, -0.2) is 5.43 Å². The third kappa shape index (κ3) is 6.37. The summed E-state index contributed by atoms with van der Waals surface area (Å²) < 4.78 is 0. The summed E-state index contributed by atoms with van der Waals surface area (Å²) in [5, 5.41) is 6.76. The van der Waals surface area contributed by atoms with Crippen LogP contribution in [-0.2, 0) is 9.59 Å². The second kappa shape index (κ2) is 9.77. The number of nitrogens with zero attached hydrogens (tertiary/aromatic N) is 1. The van der Waals surface area contributed by atoms with Crippen molar-refractivity contribution in [2.75, 3.05) is 11.6 Å². The van der Waals surface area contributed by atoms with E-state index < -0.39 is 0 Å². The number of aryl methyl sites for hydroxylation is 2. The number of carbonyl (C=O) groups is 2. The van der Waals surface area contributed by atoms with Crippen molar-refractivity contribution in [1.82, 2.24) is 5.43 Å². The molecule has 0 fully saturated rings. The van der Waals surface area contributed by atoms with Gasteiger partial charge in [0.15, 0.2) is 0 Å². The van der Waals surface area contributed by atoms with E-state index in [-0.39, 0.29) is 24.7 Å². The van der Waals surface area contributed by atoms with E-state index >= 15 is 0 Å². The van der Waals surface area contributed by atoms with Crippen molar-refractivity contribution >= 4 is 35.5 Å². The lowest BCUT2D eigenvalue weighted by Crippen LogP contribution is -2.20. The smallest absolute Gasteiger partial charge is 0.240 e. The summed E-state index contributed by atoms with van der Waals surface area (Å²) in [7, 11) is 0. The molecule has 2 N–H and O–H groups in total. The van der Waals surface area contributed by atoms with Gasteiger partial charge in [0.1, 0.15) is 0 Å². The fourth-order valence-corrected chi connectivity index (χ4v) is 2.64. The number of thioether (sulfide) groups is 1. The van der Waals surface area contributed by atoms with Crippen LogP contribution in [0.3, 0.4) is 0 Å². The first-order valence-corrected chi connectivity index (χ1v) is 9.53. The number of hydrogen-bond acceptors (Lipinski definition) is 4. The molecule has 0 aromatic heterocycles. The van der Waals surface area contributed by atoms with Crippen LogP contribution < -0.4 is 10.7 Å². The number of carbonyl (C=O) groups excluding carboxylic acids is 2. The Kier molecular flexibility index (Phi) is 7.41. The van der Waals surface area contributed by atoms with Gasteiger partial charge in [-0.05, 0) is 55.0 Å². The third-order valence-electron chi connectivity index (χ3n) is 3.76. The van der Waals surface area contributed by atoms with Crippen LogP contribution in [0.4, 0.5) is 5.69 Å². The number of rotatable bonds is 7. The average molecular weight is 369 g/mol. The first-order chi connectivity index (χ1) is 12.5. The van der Waals surface area contributed by atoms with Gasteiger partial charge in [-0.2, -0.15) is 5.10 Å². The van der Waals surface area contributed by atoms with Gasteiger partial charge in [0.25, 0.3) is 0 Å². The second-order valence-electron chi connectivity index (χ2n) is 5.93. The number of anilines is 1. The van der Waals surface area contributed by atoms with Crippen molar-refractivity contribution in [3.05, 3.63) is 59.2 Å². The van der Waals surface area contributed by atoms with Crippen molar-refractivity contribution < 1.29 is 9.59 Å². The second-order valence-corrected chi connectivity index (χ2v) is 6.81. The minimum atomic E-state index is -0.293. The Bertz CT molecular complexity index is 801. The van der Waals surface area contributed by atoms with E-state index in [1.165, 1.54) is 4.90 Å². The standard InChI is InChI=1S/C20H23N3O2S/c1-14-4-5-15(2)18(12-14)22-19(24)10-11-20(25)23-21-13-16-6-8-17(26-3)9-7-16/h4-9,12-13H,10-11H2,1-3H3,(H,22,24)(H,23,25)/b21-13+. The predicted molar refractivity (Wildman–Crippen MR) is 108 cm³/mol. The molecule has 2 amide bonds. The quantitative estimate of drug-likeness (QED) is 0.442. The summed E-state index contributed by atoms with van der Waals surface area (Å²) in [6.07, 6.45) is 3.79. The highest BCUT2D eigenvalue weighted by Crippen LogP contribution is 2.16. The van der Waals surface area contributed by atoms with Crippen LogP contribution in [-0.4, -0.2) is 24.3 Å². The van der Waals surface area contributed by atoms with E-state index in [4.69, 9.17) is 0 Å². The summed E-state index contributed by atoms with van der Waals surface area (Å²) in [4.78, 5) is 25.0. The molecule has 0 aliphatic carbocycles. The van der Waals surface area contributed by atoms with Gasteiger partial charge < -0.3 is 5.32 Å². The Morgan fingerprint density at radius 2 is 1.73 bits per heavy atom. The largest absolute Gasteiger partial charge is 0.326 e. The van der Waals surface area contributed by atoms with E-state index in [0.29, 0.717) is 0 Å². The summed E-state index contributed by atoms with van der Waals surface area (Å²) in [6, 6.07) is 13.7. The SMILES string of the molecule is CSc1ccc(/C=N/NC(=O)CCC(=O)Nc2cc(C)ccc2C)cc1. The van der Waals surface area contributed by atoms with Gasteiger partial charge in [0.05, 0.1) is 6.21 Å². The number of benzene rings is 2. The Labute approximate surface area is 158 Å². The molecule has 5 nitrogen and oxygen atoms in total. The lowest BCUT2D eigenvalue weighted by atomic mass is 10.1. The zero-order chi connectivity index (χ0) is 18.9. The van der Waals surface area contributed by atoms with E-state index in [1.807, 2.05) is 62.6 Å². The summed E-state index contributed by atoms with van der Waals surface area (Å²) in [5.41, 5.74) is 6.19. The molecule has 2 aromatic rings. The van der Waals surface area contributed by atoms with Crippen molar-refractivity contribution in [2.45, 2.75) is 31.6 Å². The summed E-state index contributed by atoms with van der Waals surface area (Å²) >= 11 is 1.67. The molecule has 2 rings (SSSR count). The van der Waals surface area contributed by atoms with Gasteiger partial charge in [-0.15, -0.1) is 11.8 Å². The Morgan fingerprint density at radius 3 is 2.42 bits per heavy atom. The molecule has 0 saturated heterocycles. The van der Waals surface area contributed by atoms with Gasteiger partial charge in [-0.1, -0.05) is 24.3 Å². The first kappa shape index (κ1) is 19.7. The van der Waals surface area contributed by atoms with Crippen LogP contribution in [0.25, 0.3) is 0 Å². The molecule has 0 aliphatic heterocycles. The maximum Gasteiger partial charge on any atom is 0.240 e. The van der Waals surface area contributed by atoms with Crippen molar-refractivity contribution in [2.24, 2.45) is 5.10 Å². The summed E-state index contributed by atoms with van der Waals surface area (Å²) in [6.45, 7) is 3.90. The molecule has 0 aliphatic rings. The number of hydrogen-bond donors (Lipinski definition) is 2. The van der Waals surface area contributed by atoms with Crippen LogP contribution in [0.1, 0.15) is 29.5 Å². The topological polar surface area (TPSA) is 70.6 Å². The first-order valence-electron chi connectivity index (χ1n) is 8.31. The lowest BCUT2D eigenvalue weighted by molar-refractivity contribution is -0.124. The molecule has 0 saturated carbocycles. The van der Waals surface area contributed by atoms with Gasteiger partial charge >= 0.3 is 0 Å². The molecule has 0 unspecified atom stereocenters. The fraction of sp³-hybridized carbons (Fsp3) is 0.250. The average Bonchev–Trinajstić information content (AvgIpc) is 2.63. The van der Waals surface area contributed by atoms with Crippen LogP contribution in [0.5, 0.6) is 0 Å². The number of nitrogens with one attached hydrogen (secondary N) is 2. The van der Waals surface area contributed by atoms with Crippen LogP contribution in [0.2, 0.25) is 0 Å². The molecule has 26 heavy (non-hydrogen) atoms. The van der Waals surface area contributed by atoms with Gasteiger partial charge in [-0.3, -0.25) is 9.59 Å². The monoisotopic (exact) mass is 369 g/mol. The maximum absolute atomic E-state index is 12.0. The molecule has 136 valence electrons. The third-order valence-corrected chi connectivity index (χ3v) is 4.51. The molecular weight excluding hydrogens is 346 g/mol. The van der Waals surface area contributed by atoms with Crippen molar-refractivity contribution in [3.63, 3.8) is 0 Å². The van der Waals surface area contributed by atoms with Crippen LogP contribution >= 0.6 is 11.8 Å². The number of amides is 2. The Morgan fingerprint density at radius 1 is 1.04 bits per heavy atom. The highest BCUT2D eigenvalue weighted by Gasteiger charge is 2.08. The van der Waals surface area contributed by atoms with Crippen LogP contribution in [0.15, 0.2) is 52.5 Å². The van der Waals surface area contributed by atoms with E-state index in [1.54, 1.807) is 18.0 Å². The Hall–Kier alpha value is -2.60. The molecule has 0 bridgehead atoms. The number of hydrazone groups is 1. The fourth-order valence-electron chi connectivity index (χ4n) is 2.23. The molecule has 0 heterocycles. The molecule has 0 atom stereocenters. The molecular formula is C20H23N3O2S. The minimum absolute atomic E-state index is 0.0828. The minimum Gasteiger partial charge on any atom is -0.326 e. The summed E-state index contributed by atoms with van der Waals surface area (Å²) in [5.74, 6) is -0.483. The van der Waals surface area contributed by atoms with Crippen LogP contribution in [0, 0.1) is 13.8 Å². The Balaban J connectivity index is 1.76. The molecule has 6 heteroatoms. The predicted octanol–water partition coefficient (Wildman–Crippen LogP) is 3.89. The maximum atomic E-state index is 12.0. The highest BCUT2D eigenvalue weighted by molar-refractivity contribution is 7.98. The molecule has 0 spiro atoms.